The van der Waals surface area contributed by atoms with Crippen molar-refractivity contribution in [3.05, 3.63) is 40.5 Å². The van der Waals surface area contributed by atoms with E-state index in [1.807, 2.05) is 0 Å². The Morgan fingerprint density at radius 2 is 2.00 bits per heavy atom. The van der Waals surface area contributed by atoms with Crippen molar-refractivity contribution in [2.75, 3.05) is 11.1 Å². The number of carbonyl (C=O) groups excluding carboxylic acids is 1. The quantitative estimate of drug-likeness (QED) is 0.834. The van der Waals surface area contributed by atoms with Crippen LogP contribution in [-0.2, 0) is 34.5 Å². The number of aromatic nitrogens is 2. The summed E-state index contributed by atoms with van der Waals surface area (Å²) >= 11 is 5.77. The van der Waals surface area contributed by atoms with Crippen LogP contribution in [0.25, 0.3) is 0 Å². The van der Waals surface area contributed by atoms with Gasteiger partial charge in [0.15, 0.2) is 9.84 Å². The molecule has 8 heteroatoms. The fourth-order valence-corrected chi connectivity index (χ4v) is 4.49. The number of aryl methyl sites for hydroxylation is 2. The van der Waals surface area contributed by atoms with Gasteiger partial charge in [0, 0.05) is 24.1 Å². The largest absolute Gasteiger partial charge is 0.311 e. The van der Waals surface area contributed by atoms with E-state index in [9.17, 15) is 13.2 Å². The molecular weight excluding hydrogens is 362 g/mol. The molecule has 1 heterocycles. The molecule has 3 rings (SSSR count). The second kappa shape index (κ2) is 7.17. The average Bonchev–Trinajstić information content (AvgIpc) is 3.10. The first-order valence-electron chi connectivity index (χ1n) is 8.20. The number of halogens is 1. The van der Waals surface area contributed by atoms with Crippen LogP contribution in [0.1, 0.15) is 30.5 Å². The molecule has 0 aliphatic heterocycles. The number of benzene rings is 1. The number of nitrogens with one attached hydrogen (secondary N) is 1. The number of nitrogens with zero attached hydrogens (tertiary/aromatic N) is 2. The number of amides is 1. The highest BCUT2D eigenvalue weighted by Crippen LogP contribution is 2.28. The van der Waals surface area contributed by atoms with Gasteiger partial charge in [0.25, 0.3) is 0 Å². The van der Waals surface area contributed by atoms with Crippen molar-refractivity contribution < 1.29 is 13.2 Å². The highest BCUT2D eigenvalue weighted by molar-refractivity contribution is 7.91. The van der Waals surface area contributed by atoms with Gasteiger partial charge in [-0.3, -0.25) is 9.48 Å². The molecule has 1 amide bonds. The van der Waals surface area contributed by atoms with E-state index in [1.165, 1.54) is 12.1 Å². The smallest absolute Gasteiger partial charge is 0.225 e. The standard InChI is InChI=1S/C17H20ClN3O3S/c1-21-17(14-4-2-5-15(14)20-21)19-16(22)6-3-11-25(23,24)13-9-7-12(18)8-10-13/h7-10H,2-6,11H2,1H3,(H,19,22). The Morgan fingerprint density at radius 1 is 1.28 bits per heavy atom. The van der Waals surface area contributed by atoms with Crippen molar-refractivity contribution in [1.29, 1.82) is 0 Å². The summed E-state index contributed by atoms with van der Waals surface area (Å²) in [4.78, 5) is 12.4. The van der Waals surface area contributed by atoms with Crippen LogP contribution in [0.2, 0.25) is 5.02 Å². The molecule has 0 saturated carbocycles. The fourth-order valence-electron chi connectivity index (χ4n) is 3.05. The van der Waals surface area contributed by atoms with Gasteiger partial charge in [-0.2, -0.15) is 5.10 Å². The second-order valence-electron chi connectivity index (χ2n) is 6.18. The Labute approximate surface area is 152 Å². The van der Waals surface area contributed by atoms with Gasteiger partial charge in [-0.15, -0.1) is 0 Å². The van der Waals surface area contributed by atoms with Crippen LogP contribution in [0.4, 0.5) is 5.82 Å². The van der Waals surface area contributed by atoms with Crippen LogP contribution in [0, 0.1) is 0 Å². The first kappa shape index (κ1) is 17.9. The minimum atomic E-state index is -3.41. The lowest BCUT2D eigenvalue weighted by molar-refractivity contribution is -0.116. The van der Waals surface area contributed by atoms with Gasteiger partial charge in [-0.1, -0.05) is 11.6 Å². The lowest BCUT2D eigenvalue weighted by Gasteiger charge is -2.08. The van der Waals surface area contributed by atoms with Gasteiger partial charge < -0.3 is 5.32 Å². The van der Waals surface area contributed by atoms with Gasteiger partial charge in [0.2, 0.25) is 5.91 Å². The van der Waals surface area contributed by atoms with E-state index in [4.69, 9.17) is 11.6 Å². The van der Waals surface area contributed by atoms with Crippen LogP contribution < -0.4 is 5.32 Å². The minimum absolute atomic E-state index is 0.0778. The molecule has 0 unspecified atom stereocenters. The summed E-state index contributed by atoms with van der Waals surface area (Å²) in [5.74, 6) is 0.466. The maximum atomic E-state index is 12.3. The van der Waals surface area contributed by atoms with Crippen LogP contribution >= 0.6 is 11.6 Å². The maximum Gasteiger partial charge on any atom is 0.225 e. The van der Waals surface area contributed by atoms with Gasteiger partial charge in [0.05, 0.1) is 16.3 Å². The summed E-state index contributed by atoms with van der Waals surface area (Å²) in [6, 6.07) is 6.06. The number of carbonyl (C=O) groups is 1. The van der Waals surface area contributed by atoms with Gasteiger partial charge >= 0.3 is 0 Å². The fraction of sp³-hybridized carbons (Fsp3) is 0.412. The summed E-state index contributed by atoms with van der Waals surface area (Å²) in [5, 5.41) is 7.77. The molecule has 1 aromatic heterocycles. The zero-order chi connectivity index (χ0) is 18.0. The molecule has 0 spiro atoms. The van der Waals surface area contributed by atoms with Crippen LogP contribution in [0.5, 0.6) is 0 Å². The Bertz CT molecular complexity index is 889. The van der Waals surface area contributed by atoms with Crippen molar-refractivity contribution in [2.45, 2.75) is 37.0 Å². The molecular formula is C17H20ClN3O3S. The van der Waals surface area contributed by atoms with Gasteiger partial charge in [-0.25, -0.2) is 8.42 Å². The monoisotopic (exact) mass is 381 g/mol. The predicted octanol–water partition coefficient (Wildman–Crippen LogP) is 2.75. The minimum Gasteiger partial charge on any atom is -0.311 e. The molecule has 134 valence electrons. The average molecular weight is 382 g/mol. The van der Waals surface area contributed by atoms with Crippen molar-refractivity contribution in [2.24, 2.45) is 7.05 Å². The summed E-state index contributed by atoms with van der Waals surface area (Å²) in [6.45, 7) is 0. The summed E-state index contributed by atoms with van der Waals surface area (Å²) in [5.41, 5.74) is 2.15. The molecule has 0 saturated heterocycles. The number of fused-ring (bicyclic) bond motifs is 1. The Hall–Kier alpha value is -1.86. The molecule has 0 fully saturated rings. The number of sulfone groups is 1. The Kier molecular flexibility index (Phi) is 5.15. The highest BCUT2D eigenvalue weighted by atomic mass is 35.5. The zero-order valence-electron chi connectivity index (χ0n) is 14.0. The van der Waals surface area contributed by atoms with E-state index in [-0.39, 0.29) is 29.4 Å². The number of hydrogen-bond acceptors (Lipinski definition) is 4. The lowest BCUT2D eigenvalue weighted by Crippen LogP contribution is -2.17. The van der Waals surface area contributed by atoms with Crippen LogP contribution in [-0.4, -0.2) is 29.9 Å². The van der Waals surface area contributed by atoms with Crippen LogP contribution in [0.15, 0.2) is 29.2 Å². The predicted molar refractivity (Wildman–Crippen MR) is 96.6 cm³/mol. The lowest BCUT2D eigenvalue weighted by atomic mass is 10.2. The number of anilines is 1. The van der Waals surface area contributed by atoms with Crippen molar-refractivity contribution >= 4 is 33.2 Å². The second-order valence-corrected chi connectivity index (χ2v) is 8.72. The molecule has 1 aromatic carbocycles. The molecule has 25 heavy (non-hydrogen) atoms. The van der Waals surface area contributed by atoms with E-state index in [2.05, 4.69) is 10.4 Å². The Morgan fingerprint density at radius 3 is 2.72 bits per heavy atom. The third-order valence-corrected chi connectivity index (χ3v) is 6.38. The zero-order valence-corrected chi connectivity index (χ0v) is 15.5. The summed E-state index contributed by atoms with van der Waals surface area (Å²) in [7, 11) is -1.60. The molecule has 0 atom stereocenters. The highest BCUT2D eigenvalue weighted by Gasteiger charge is 2.22. The molecule has 1 N–H and O–H groups in total. The van der Waals surface area contributed by atoms with E-state index in [0.717, 1.165) is 36.3 Å². The summed E-state index contributed by atoms with van der Waals surface area (Å²) < 4.78 is 26.2. The van der Waals surface area contributed by atoms with E-state index < -0.39 is 9.84 Å². The first-order valence-corrected chi connectivity index (χ1v) is 10.2. The van der Waals surface area contributed by atoms with Gasteiger partial charge in [-0.05, 0) is 49.9 Å². The topological polar surface area (TPSA) is 81.1 Å². The molecule has 1 aliphatic carbocycles. The third-order valence-electron chi connectivity index (χ3n) is 4.32. The van der Waals surface area contributed by atoms with Gasteiger partial charge in [0.1, 0.15) is 5.82 Å². The molecule has 0 bridgehead atoms. The van der Waals surface area contributed by atoms with Crippen LogP contribution in [0.3, 0.4) is 0 Å². The normalized spacial score (nSPS) is 13.7. The van der Waals surface area contributed by atoms with E-state index in [0.29, 0.717) is 5.02 Å². The molecule has 1 aliphatic rings. The Balaban J connectivity index is 1.55. The first-order chi connectivity index (χ1) is 11.9. The molecule has 6 nitrogen and oxygen atoms in total. The van der Waals surface area contributed by atoms with E-state index >= 15 is 0 Å². The molecule has 2 aromatic rings. The SMILES string of the molecule is Cn1nc2c(c1NC(=O)CCCS(=O)(=O)c1ccc(Cl)cc1)CCC2. The van der Waals surface area contributed by atoms with E-state index in [1.54, 1.807) is 23.9 Å². The molecule has 0 radical (unpaired) electrons. The summed E-state index contributed by atoms with van der Waals surface area (Å²) in [6.07, 6.45) is 3.33. The number of hydrogen-bond donors (Lipinski definition) is 1. The maximum absolute atomic E-state index is 12.3. The van der Waals surface area contributed by atoms with Crippen molar-refractivity contribution in [3.8, 4) is 0 Å². The van der Waals surface area contributed by atoms with Crippen molar-refractivity contribution in [3.63, 3.8) is 0 Å². The number of rotatable bonds is 6. The third kappa shape index (κ3) is 4.04. The van der Waals surface area contributed by atoms with Crippen molar-refractivity contribution in [1.82, 2.24) is 9.78 Å².